The van der Waals surface area contributed by atoms with Crippen LogP contribution in [0.4, 0.5) is 5.69 Å². The average Bonchev–Trinajstić information content (AvgIpc) is 2.66. The third kappa shape index (κ3) is 5.45. The Labute approximate surface area is 159 Å². The molecule has 0 spiro atoms. The highest BCUT2D eigenvalue weighted by molar-refractivity contribution is 7.89. The number of sulfonamides is 1. The molecule has 1 amide bonds. The van der Waals surface area contributed by atoms with Crippen LogP contribution in [0.3, 0.4) is 0 Å². The zero-order valence-corrected chi connectivity index (χ0v) is 16.6. The maximum atomic E-state index is 12.3. The monoisotopic (exact) mass is 392 g/mol. The van der Waals surface area contributed by atoms with Crippen molar-refractivity contribution in [1.82, 2.24) is 4.72 Å². The van der Waals surface area contributed by atoms with E-state index in [4.69, 9.17) is 9.47 Å². The predicted octanol–water partition coefficient (Wildman–Crippen LogP) is 2.74. The third-order valence-electron chi connectivity index (χ3n) is 3.95. The largest absolute Gasteiger partial charge is 0.493 e. The van der Waals surface area contributed by atoms with Gasteiger partial charge in [0, 0.05) is 11.8 Å². The van der Waals surface area contributed by atoms with Crippen molar-refractivity contribution in [2.24, 2.45) is 0 Å². The molecule has 0 radical (unpaired) electrons. The van der Waals surface area contributed by atoms with Crippen molar-refractivity contribution in [3.63, 3.8) is 0 Å². The molecule has 7 nitrogen and oxygen atoms in total. The van der Waals surface area contributed by atoms with Gasteiger partial charge in [0.05, 0.1) is 25.7 Å². The van der Waals surface area contributed by atoms with E-state index in [0.29, 0.717) is 23.1 Å². The molecule has 0 aromatic heterocycles. The molecule has 0 fully saturated rings. The van der Waals surface area contributed by atoms with E-state index in [1.165, 1.54) is 26.4 Å². The first kappa shape index (κ1) is 20.7. The average molecular weight is 392 g/mol. The van der Waals surface area contributed by atoms with Gasteiger partial charge in [-0.1, -0.05) is 26.0 Å². The standard InChI is InChI=1S/C19H24N2O5S/c1-13(2)14-5-8-16(9-6-14)27(23,24)20-12-19(22)21-15-7-10-17(25-3)18(11-15)26-4/h5-11,13,20H,12H2,1-4H3,(H,21,22). The summed E-state index contributed by atoms with van der Waals surface area (Å²) in [7, 11) is -0.768. The van der Waals surface area contributed by atoms with Gasteiger partial charge in [0.1, 0.15) is 0 Å². The van der Waals surface area contributed by atoms with Crippen LogP contribution in [0.25, 0.3) is 0 Å². The van der Waals surface area contributed by atoms with Gasteiger partial charge >= 0.3 is 0 Å². The number of ether oxygens (including phenoxy) is 2. The van der Waals surface area contributed by atoms with Crippen LogP contribution in [0.2, 0.25) is 0 Å². The van der Waals surface area contributed by atoms with Gasteiger partial charge in [-0.25, -0.2) is 13.1 Å². The van der Waals surface area contributed by atoms with Crippen molar-refractivity contribution in [3.05, 3.63) is 48.0 Å². The molecule has 0 atom stereocenters. The summed E-state index contributed by atoms with van der Waals surface area (Å²) in [6.07, 6.45) is 0. The quantitative estimate of drug-likeness (QED) is 0.720. The van der Waals surface area contributed by atoms with Crippen LogP contribution in [-0.4, -0.2) is 35.1 Å². The highest BCUT2D eigenvalue weighted by Crippen LogP contribution is 2.29. The van der Waals surface area contributed by atoms with E-state index in [1.54, 1.807) is 30.3 Å². The number of carbonyl (C=O) groups excluding carboxylic acids is 1. The van der Waals surface area contributed by atoms with E-state index in [1.807, 2.05) is 13.8 Å². The summed E-state index contributed by atoms with van der Waals surface area (Å²) >= 11 is 0. The van der Waals surface area contributed by atoms with E-state index < -0.39 is 15.9 Å². The first-order chi connectivity index (χ1) is 12.8. The summed E-state index contributed by atoms with van der Waals surface area (Å²) < 4.78 is 37.3. The molecular formula is C19H24N2O5S. The van der Waals surface area contributed by atoms with E-state index in [-0.39, 0.29) is 11.4 Å². The van der Waals surface area contributed by atoms with Gasteiger partial charge in [-0.05, 0) is 35.7 Å². The number of anilines is 1. The highest BCUT2D eigenvalue weighted by Gasteiger charge is 2.16. The summed E-state index contributed by atoms with van der Waals surface area (Å²) in [5.41, 5.74) is 1.51. The lowest BCUT2D eigenvalue weighted by Gasteiger charge is -2.11. The minimum absolute atomic E-state index is 0.116. The van der Waals surface area contributed by atoms with Crippen molar-refractivity contribution in [2.75, 3.05) is 26.1 Å². The number of carbonyl (C=O) groups is 1. The topological polar surface area (TPSA) is 93.7 Å². The molecule has 0 aliphatic heterocycles. The summed E-state index contributed by atoms with van der Waals surface area (Å²) in [5, 5.41) is 2.61. The lowest BCUT2D eigenvalue weighted by Crippen LogP contribution is -2.32. The van der Waals surface area contributed by atoms with Gasteiger partial charge in [-0.3, -0.25) is 4.79 Å². The first-order valence-electron chi connectivity index (χ1n) is 8.38. The second-order valence-electron chi connectivity index (χ2n) is 6.17. The summed E-state index contributed by atoms with van der Waals surface area (Å²) in [5.74, 6) is 0.800. The molecule has 0 aliphatic carbocycles. The van der Waals surface area contributed by atoms with Crippen molar-refractivity contribution in [1.29, 1.82) is 0 Å². The van der Waals surface area contributed by atoms with E-state index >= 15 is 0 Å². The number of hydrogen-bond donors (Lipinski definition) is 2. The van der Waals surface area contributed by atoms with Crippen molar-refractivity contribution < 1.29 is 22.7 Å². The minimum atomic E-state index is -3.77. The SMILES string of the molecule is COc1ccc(NC(=O)CNS(=O)(=O)c2ccc(C(C)C)cc2)cc1OC. The fourth-order valence-electron chi connectivity index (χ4n) is 2.39. The van der Waals surface area contributed by atoms with Gasteiger partial charge < -0.3 is 14.8 Å². The Morgan fingerprint density at radius 3 is 2.19 bits per heavy atom. The van der Waals surface area contributed by atoms with Crippen LogP contribution in [0.1, 0.15) is 25.3 Å². The smallest absolute Gasteiger partial charge is 0.241 e. The zero-order valence-electron chi connectivity index (χ0n) is 15.8. The van der Waals surface area contributed by atoms with Crippen molar-refractivity contribution in [3.8, 4) is 11.5 Å². The molecule has 0 saturated heterocycles. The lowest BCUT2D eigenvalue weighted by molar-refractivity contribution is -0.115. The molecule has 0 unspecified atom stereocenters. The molecule has 0 aliphatic rings. The minimum Gasteiger partial charge on any atom is -0.493 e. The number of rotatable bonds is 8. The molecular weight excluding hydrogens is 368 g/mol. The Bertz CT molecular complexity index is 893. The number of benzene rings is 2. The first-order valence-corrected chi connectivity index (χ1v) is 9.86. The molecule has 146 valence electrons. The lowest BCUT2D eigenvalue weighted by atomic mass is 10.0. The molecule has 2 N–H and O–H groups in total. The molecule has 2 aromatic rings. The normalized spacial score (nSPS) is 11.3. The Kier molecular flexibility index (Phi) is 6.81. The summed E-state index contributed by atoms with van der Waals surface area (Å²) in [4.78, 5) is 12.2. The van der Waals surface area contributed by atoms with Crippen LogP contribution in [0, 0.1) is 0 Å². The maximum absolute atomic E-state index is 12.3. The highest BCUT2D eigenvalue weighted by atomic mass is 32.2. The van der Waals surface area contributed by atoms with Gasteiger partial charge in [0.25, 0.3) is 0 Å². The van der Waals surface area contributed by atoms with Gasteiger partial charge in [0.2, 0.25) is 15.9 Å². The van der Waals surface area contributed by atoms with Gasteiger partial charge in [-0.2, -0.15) is 0 Å². The van der Waals surface area contributed by atoms with Gasteiger partial charge in [0.15, 0.2) is 11.5 Å². The number of amides is 1. The second kappa shape index (κ2) is 8.88. The fraction of sp³-hybridized carbons (Fsp3) is 0.316. The fourth-order valence-corrected chi connectivity index (χ4v) is 3.38. The Morgan fingerprint density at radius 1 is 1.00 bits per heavy atom. The van der Waals surface area contributed by atoms with Gasteiger partial charge in [-0.15, -0.1) is 0 Å². The Balaban J connectivity index is 2.00. The van der Waals surface area contributed by atoms with E-state index in [9.17, 15) is 13.2 Å². The van der Waals surface area contributed by atoms with Crippen LogP contribution < -0.4 is 19.5 Å². The number of nitrogens with one attached hydrogen (secondary N) is 2. The molecule has 0 heterocycles. The molecule has 2 aromatic carbocycles. The summed E-state index contributed by atoms with van der Waals surface area (Å²) in [6.45, 7) is 3.67. The van der Waals surface area contributed by atoms with E-state index in [2.05, 4.69) is 10.0 Å². The van der Waals surface area contributed by atoms with E-state index in [0.717, 1.165) is 5.56 Å². The molecule has 0 bridgehead atoms. The van der Waals surface area contributed by atoms with Crippen molar-refractivity contribution in [2.45, 2.75) is 24.7 Å². The molecule has 0 saturated carbocycles. The Hall–Kier alpha value is -2.58. The van der Waals surface area contributed by atoms with Crippen LogP contribution in [0.15, 0.2) is 47.4 Å². The van der Waals surface area contributed by atoms with Crippen LogP contribution >= 0.6 is 0 Å². The molecule has 27 heavy (non-hydrogen) atoms. The Morgan fingerprint density at radius 2 is 1.63 bits per heavy atom. The molecule has 8 heteroatoms. The molecule has 2 rings (SSSR count). The maximum Gasteiger partial charge on any atom is 0.241 e. The zero-order chi connectivity index (χ0) is 20.0. The predicted molar refractivity (Wildman–Crippen MR) is 104 cm³/mol. The number of methoxy groups -OCH3 is 2. The number of hydrogen-bond acceptors (Lipinski definition) is 5. The van der Waals surface area contributed by atoms with Crippen LogP contribution in [-0.2, 0) is 14.8 Å². The third-order valence-corrected chi connectivity index (χ3v) is 5.36. The summed E-state index contributed by atoms with van der Waals surface area (Å²) in [6, 6.07) is 11.5. The van der Waals surface area contributed by atoms with Crippen LogP contribution in [0.5, 0.6) is 11.5 Å². The second-order valence-corrected chi connectivity index (χ2v) is 7.93. The van der Waals surface area contributed by atoms with Crippen molar-refractivity contribution >= 4 is 21.6 Å².